The Hall–Kier alpha value is -2.29. The van der Waals surface area contributed by atoms with Crippen LogP contribution in [0.1, 0.15) is 42.2 Å². The zero-order chi connectivity index (χ0) is 15.1. The number of esters is 1. The Labute approximate surface area is 126 Å². The summed E-state index contributed by atoms with van der Waals surface area (Å²) in [5.41, 5.74) is 2.74. The molecule has 3 heteroatoms. The van der Waals surface area contributed by atoms with E-state index in [4.69, 9.17) is 4.74 Å². The van der Waals surface area contributed by atoms with E-state index >= 15 is 0 Å². The smallest absolute Gasteiger partial charge is 0.338 e. The standard InChI is InChI=1S/C18H21NO2/c1-3-17(14-9-6-5-7-10-14)19-16-12-8-11-15(13-16)18(20)21-4-2/h5-13,17,19H,3-4H2,1-2H3. The van der Waals surface area contributed by atoms with Gasteiger partial charge < -0.3 is 10.1 Å². The molecule has 0 amide bonds. The molecule has 0 saturated heterocycles. The summed E-state index contributed by atoms with van der Waals surface area (Å²) in [4.78, 5) is 11.8. The molecule has 0 bridgehead atoms. The van der Waals surface area contributed by atoms with Gasteiger partial charge in [0.05, 0.1) is 18.2 Å². The summed E-state index contributed by atoms with van der Waals surface area (Å²) in [5, 5.41) is 3.47. The first-order valence-electron chi connectivity index (χ1n) is 7.33. The fourth-order valence-corrected chi connectivity index (χ4v) is 2.26. The lowest BCUT2D eigenvalue weighted by Crippen LogP contribution is -2.10. The SMILES string of the molecule is CCOC(=O)c1cccc(NC(CC)c2ccccc2)c1. The number of nitrogens with one attached hydrogen (secondary N) is 1. The van der Waals surface area contributed by atoms with Gasteiger partial charge in [0, 0.05) is 5.69 Å². The van der Waals surface area contributed by atoms with E-state index in [-0.39, 0.29) is 12.0 Å². The van der Waals surface area contributed by atoms with Crippen molar-refractivity contribution in [3.63, 3.8) is 0 Å². The maximum atomic E-state index is 11.8. The molecule has 0 radical (unpaired) electrons. The van der Waals surface area contributed by atoms with Gasteiger partial charge in [0.15, 0.2) is 0 Å². The number of hydrogen-bond donors (Lipinski definition) is 1. The summed E-state index contributed by atoms with van der Waals surface area (Å²) in [6.07, 6.45) is 0.966. The summed E-state index contributed by atoms with van der Waals surface area (Å²) < 4.78 is 5.03. The molecule has 21 heavy (non-hydrogen) atoms. The first kappa shape index (κ1) is 15.1. The Balaban J connectivity index is 2.15. The van der Waals surface area contributed by atoms with Gasteiger partial charge in [-0.25, -0.2) is 4.79 Å². The van der Waals surface area contributed by atoms with E-state index in [9.17, 15) is 4.79 Å². The predicted octanol–water partition coefficient (Wildman–Crippen LogP) is 4.43. The van der Waals surface area contributed by atoms with Gasteiger partial charge in [0.1, 0.15) is 0 Å². The van der Waals surface area contributed by atoms with Crippen molar-refractivity contribution in [2.75, 3.05) is 11.9 Å². The van der Waals surface area contributed by atoms with Crippen molar-refractivity contribution in [1.29, 1.82) is 0 Å². The molecule has 1 atom stereocenters. The van der Waals surface area contributed by atoms with Crippen molar-refractivity contribution in [1.82, 2.24) is 0 Å². The van der Waals surface area contributed by atoms with E-state index in [1.807, 2.05) is 43.3 Å². The Kier molecular flexibility index (Phi) is 5.38. The highest BCUT2D eigenvalue weighted by Crippen LogP contribution is 2.23. The quantitative estimate of drug-likeness (QED) is 0.797. The summed E-state index contributed by atoms with van der Waals surface area (Å²) in [6, 6.07) is 18.0. The third-order valence-electron chi connectivity index (χ3n) is 3.32. The third-order valence-corrected chi connectivity index (χ3v) is 3.32. The topological polar surface area (TPSA) is 38.3 Å². The van der Waals surface area contributed by atoms with Crippen LogP contribution >= 0.6 is 0 Å². The first-order valence-corrected chi connectivity index (χ1v) is 7.33. The van der Waals surface area contributed by atoms with Crippen LogP contribution in [0, 0.1) is 0 Å². The van der Waals surface area contributed by atoms with E-state index in [1.165, 1.54) is 5.56 Å². The average Bonchev–Trinajstić information content (AvgIpc) is 2.54. The molecule has 0 saturated carbocycles. The largest absolute Gasteiger partial charge is 0.462 e. The van der Waals surface area contributed by atoms with Crippen LogP contribution in [0.5, 0.6) is 0 Å². The second-order valence-corrected chi connectivity index (χ2v) is 4.82. The van der Waals surface area contributed by atoms with Gasteiger partial charge in [-0.05, 0) is 37.1 Å². The van der Waals surface area contributed by atoms with Crippen LogP contribution in [-0.2, 0) is 4.74 Å². The van der Waals surface area contributed by atoms with Gasteiger partial charge >= 0.3 is 5.97 Å². The minimum absolute atomic E-state index is 0.226. The fraction of sp³-hybridized carbons (Fsp3) is 0.278. The van der Waals surface area contributed by atoms with Gasteiger partial charge in [-0.15, -0.1) is 0 Å². The molecule has 1 N–H and O–H groups in total. The van der Waals surface area contributed by atoms with Crippen LogP contribution in [0.15, 0.2) is 54.6 Å². The van der Waals surface area contributed by atoms with Gasteiger partial charge in [0.25, 0.3) is 0 Å². The molecule has 0 fully saturated rings. The highest BCUT2D eigenvalue weighted by Gasteiger charge is 2.11. The van der Waals surface area contributed by atoms with Crippen LogP contribution < -0.4 is 5.32 Å². The molecule has 1 unspecified atom stereocenters. The summed E-state index contributed by atoms with van der Waals surface area (Å²) in [6.45, 7) is 4.33. The highest BCUT2D eigenvalue weighted by atomic mass is 16.5. The molecule has 0 aliphatic rings. The van der Waals surface area contributed by atoms with Crippen molar-refractivity contribution in [3.05, 3.63) is 65.7 Å². The van der Waals surface area contributed by atoms with E-state index in [1.54, 1.807) is 6.07 Å². The summed E-state index contributed by atoms with van der Waals surface area (Å²) >= 11 is 0. The van der Waals surface area contributed by atoms with Crippen molar-refractivity contribution >= 4 is 11.7 Å². The van der Waals surface area contributed by atoms with Crippen LogP contribution in [0.3, 0.4) is 0 Å². The van der Waals surface area contributed by atoms with E-state index in [2.05, 4.69) is 24.4 Å². The van der Waals surface area contributed by atoms with Gasteiger partial charge in [-0.3, -0.25) is 0 Å². The van der Waals surface area contributed by atoms with Crippen molar-refractivity contribution < 1.29 is 9.53 Å². The van der Waals surface area contributed by atoms with Crippen molar-refractivity contribution in [3.8, 4) is 0 Å². The lowest BCUT2D eigenvalue weighted by Gasteiger charge is -2.19. The number of rotatable bonds is 6. The molecular formula is C18H21NO2. The minimum atomic E-state index is -0.283. The second kappa shape index (κ2) is 7.48. The second-order valence-electron chi connectivity index (χ2n) is 4.82. The van der Waals surface area contributed by atoms with Crippen LogP contribution in [-0.4, -0.2) is 12.6 Å². The van der Waals surface area contributed by atoms with E-state index in [0.717, 1.165) is 12.1 Å². The number of hydrogen-bond acceptors (Lipinski definition) is 3. The molecule has 110 valence electrons. The van der Waals surface area contributed by atoms with Crippen molar-refractivity contribution in [2.24, 2.45) is 0 Å². The molecule has 0 aliphatic heterocycles. The molecule has 2 aromatic rings. The molecule has 2 rings (SSSR count). The number of benzene rings is 2. The van der Waals surface area contributed by atoms with Gasteiger partial charge in [-0.2, -0.15) is 0 Å². The Bertz CT molecular complexity index is 581. The maximum absolute atomic E-state index is 11.8. The monoisotopic (exact) mass is 283 g/mol. The average molecular weight is 283 g/mol. The Morgan fingerprint density at radius 1 is 1.10 bits per heavy atom. The van der Waals surface area contributed by atoms with Crippen LogP contribution in [0.4, 0.5) is 5.69 Å². The number of carbonyl (C=O) groups is 1. The normalized spacial score (nSPS) is 11.7. The van der Waals surface area contributed by atoms with Crippen molar-refractivity contribution in [2.45, 2.75) is 26.3 Å². The lowest BCUT2D eigenvalue weighted by atomic mass is 10.0. The third kappa shape index (κ3) is 4.09. The number of ether oxygens (including phenoxy) is 1. The van der Waals surface area contributed by atoms with E-state index < -0.39 is 0 Å². The molecular weight excluding hydrogens is 262 g/mol. The van der Waals surface area contributed by atoms with Gasteiger partial charge in [-0.1, -0.05) is 43.3 Å². The Morgan fingerprint density at radius 3 is 2.52 bits per heavy atom. The highest BCUT2D eigenvalue weighted by molar-refractivity contribution is 5.90. The molecule has 3 nitrogen and oxygen atoms in total. The number of carbonyl (C=O) groups excluding carboxylic acids is 1. The summed E-state index contributed by atoms with van der Waals surface area (Å²) in [7, 11) is 0. The minimum Gasteiger partial charge on any atom is -0.462 e. The molecule has 0 aromatic heterocycles. The zero-order valence-electron chi connectivity index (χ0n) is 12.5. The zero-order valence-corrected chi connectivity index (χ0v) is 12.5. The predicted molar refractivity (Wildman–Crippen MR) is 85.5 cm³/mol. The number of anilines is 1. The lowest BCUT2D eigenvalue weighted by molar-refractivity contribution is 0.0526. The molecule has 2 aromatic carbocycles. The molecule has 0 aliphatic carbocycles. The van der Waals surface area contributed by atoms with Crippen LogP contribution in [0.25, 0.3) is 0 Å². The molecule has 0 spiro atoms. The summed E-state index contributed by atoms with van der Waals surface area (Å²) in [5.74, 6) is -0.283. The first-order chi connectivity index (χ1) is 10.2. The Morgan fingerprint density at radius 2 is 1.86 bits per heavy atom. The van der Waals surface area contributed by atoms with Crippen LogP contribution in [0.2, 0.25) is 0 Å². The molecule has 0 heterocycles. The fourth-order valence-electron chi connectivity index (χ4n) is 2.26. The van der Waals surface area contributed by atoms with E-state index in [0.29, 0.717) is 12.2 Å². The maximum Gasteiger partial charge on any atom is 0.338 e. The van der Waals surface area contributed by atoms with Gasteiger partial charge in [0.2, 0.25) is 0 Å².